The molecule has 0 saturated carbocycles. The Hall–Kier alpha value is -2.76. The summed E-state index contributed by atoms with van der Waals surface area (Å²) in [5.74, 6) is 0.704. The summed E-state index contributed by atoms with van der Waals surface area (Å²) in [5, 5.41) is 4.64. The number of aromatic nitrogens is 4. The quantitative estimate of drug-likeness (QED) is 0.316. The lowest BCUT2D eigenvalue weighted by Gasteiger charge is -2.50. The highest BCUT2D eigenvalue weighted by molar-refractivity contribution is 7.89. The number of aryl methyl sites for hydroxylation is 2. The second-order valence-corrected chi connectivity index (χ2v) is 15.1. The molecular formula is C32H50N6O4S. The highest BCUT2D eigenvalue weighted by atomic mass is 32.2. The molecule has 3 heterocycles. The number of hydrogen-bond acceptors (Lipinski definition) is 7. The second-order valence-electron chi connectivity index (χ2n) is 13.2. The van der Waals surface area contributed by atoms with E-state index in [0.29, 0.717) is 34.3 Å². The maximum absolute atomic E-state index is 14.4. The van der Waals surface area contributed by atoms with Crippen molar-refractivity contribution in [3.05, 3.63) is 33.7 Å². The van der Waals surface area contributed by atoms with E-state index in [1.165, 1.54) is 11.2 Å². The Balaban J connectivity index is 1.93. The minimum absolute atomic E-state index is 0.0721. The van der Waals surface area contributed by atoms with Crippen LogP contribution in [-0.4, -0.2) is 74.1 Å². The van der Waals surface area contributed by atoms with Crippen LogP contribution >= 0.6 is 0 Å². The zero-order valence-corrected chi connectivity index (χ0v) is 28.4. The van der Waals surface area contributed by atoms with Crippen molar-refractivity contribution in [3.8, 4) is 17.1 Å². The number of likely N-dealkylation sites (N-methyl/N-ethyl adjacent to an activating group) is 1. The Kier molecular flexibility index (Phi) is 8.43. The summed E-state index contributed by atoms with van der Waals surface area (Å²) in [5.41, 5.74) is 0.735. The molecular weight excluding hydrogens is 564 g/mol. The predicted molar refractivity (Wildman–Crippen MR) is 172 cm³/mol. The van der Waals surface area contributed by atoms with Gasteiger partial charge >= 0.3 is 0 Å². The molecule has 2 atom stereocenters. The summed E-state index contributed by atoms with van der Waals surface area (Å²) < 4.78 is 55.0. The molecule has 4 rings (SSSR count). The summed E-state index contributed by atoms with van der Waals surface area (Å²) in [7, 11) is -2.32. The summed E-state index contributed by atoms with van der Waals surface area (Å²) in [4.78, 5) is 23.1. The van der Waals surface area contributed by atoms with Gasteiger partial charge in [-0.2, -0.15) is 9.40 Å². The molecule has 2 aromatic heterocycles. The number of piperazine rings is 1. The van der Waals surface area contributed by atoms with E-state index in [-0.39, 0.29) is 41.3 Å². The van der Waals surface area contributed by atoms with Gasteiger partial charge in [0.2, 0.25) is 10.0 Å². The van der Waals surface area contributed by atoms with E-state index in [9.17, 15) is 13.2 Å². The van der Waals surface area contributed by atoms with E-state index in [4.69, 9.17) is 12.5 Å². The lowest BCUT2D eigenvalue weighted by molar-refractivity contribution is 0.0165. The summed E-state index contributed by atoms with van der Waals surface area (Å²) in [6.45, 7) is 17.5. The molecule has 0 aliphatic carbocycles. The standard InChI is InChI=1S/C32H50N6O4S/c1-12-15-20(4)26-27-28(36(11)35-26)30(39)34-29(33-27)23-17-25(21(5)16-24(23)42-32(9,10)13-2)43(40,41)37-18-22(6)38(14-3)31(7,8)19-37/h16-17,20,22H,12-15,18-19H2,1-11H3,(H,33,34,39)/i14D2. The van der Waals surface area contributed by atoms with Gasteiger partial charge in [-0.1, -0.05) is 34.1 Å². The van der Waals surface area contributed by atoms with Gasteiger partial charge in [0.15, 0.2) is 5.52 Å². The van der Waals surface area contributed by atoms with Crippen LogP contribution < -0.4 is 10.3 Å². The van der Waals surface area contributed by atoms with E-state index >= 15 is 0 Å². The molecule has 1 aromatic carbocycles. The normalized spacial score (nSPS) is 20.2. The van der Waals surface area contributed by atoms with Gasteiger partial charge in [0.1, 0.15) is 22.7 Å². The Labute approximate surface area is 259 Å². The fraction of sp³-hybridized carbons (Fsp3) is 0.656. The highest BCUT2D eigenvalue weighted by Crippen LogP contribution is 2.38. The lowest BCUT2D eigenvalue weighted by Crippen LogP contribution is -2.63. The summed E-state index contributed by atoms with van der Waals surface area (Å²) in [6.07, 6.45) is 2.52. The minimum Gasteiger partial charge on any atom is -0.487 e. The fourth-order valence-corrected chi connectivity index (χ4v) is 8.11. The smallest absolute Gasteiger partial charge is 0.277 e. The summed E-state index contributed by atoms with van der Waals surface area (Å²) in [6, 6.07) is 2.90. The fourth-order valence-electron chi connectivity index (χ4n) is 6.20. The van der Waals surface area contributed by atoms with E-state index in [1.807, 2.05) is 41.5 Å². The van der Waals surface area contributed by atoms with Crippen molar-refractivity contribution < 1.29 is 15.9 Å². The number of ether oxygens (including phenoxy) is 1. The first-order chi connectivity index (χ1) is 20.6. The number of nitrogens with one attached hydrogen (secondary N) is 1. The minimum atomic E-state index is -4.05. The molecule has 3 aromatic rings. The molecule has 10 nitrogen and oxygen atoms in total. The molecule has 1 aliphatic heterocycles. The summed E-state index contributed by atoms with van der Waals surface area (Å²) >= 11 is 0. The highest BCUT2D eigenvalue weighted by Gasteiger charge is 2.42. The van der Waals surface area contributed by atoms with E-state index < -0.39 is 27.7 Å². The molecule has 1 saturated heterocycles. The second kappa shape index (κ2) is 12.0. The average Bonchev–Trinajstić information content (AvgIpc) is 3.23. The van der Waals surface area contributed by atoms with Crippen molar-refractivity contribution in [2.45, 2.75) is 116 Å². The number of hydrogen-bond donors (Lipinski definition) is 1. The van der Waals surface area contributed by atoms with Crippen molar-refractivity contribution >= 4 is 21.1 Å². The third kappa shape index (κ3) is 6.26. The maximum Gasteiger partial charge on any atom is 0.277 e. The van der Waals surface area contributed by atoms with Gasteiger partial charge in [0, 0.05) is 40.4 Å². The predicted octanol–water partition coefficient (Wildman–Crippen LogP) is 5.60. The molecule has 1 fully saturated rings. The van der Waals surface area contributed by atoms with Crippen LogP contribution in [0.25, 0.3) is 22.4 Å². The Bertz CT molecular complexity index is 1740. The maximum atomic E-state index is 14.4. The number of sulfonamides is 1. The van der Waals surface area contributed by atoms with Crippen molar-refractivity contribution in [1.29, 1.82) is 0 Å². The van der Waals surface area contributed by atoms with E-state index in [2.05, 4.69) is 23.9 Å². The van der Waals surface area contributed by atoms with E-state index in [1.54, 1.807) is 35.7 Å². The van der Waals surface area contributed by atoms with Crippen LogP contribution in [0.15, 0.2) is 21.8 Å². The first kappa shape index (κ1) is 30.3. The number of H-pyrrole nitrogens is 1. The Morgan fingerprint density at radius 2 is 1.93 bits per heavy atom. The molecule has 1 N–H and O–H groups in total. The molecule has 1 aliphatic rings. The number of aromatic amines is 1. The first-order valence-electron chi connectivity index (χ1n) is 16.2. The van der Waals surface area contributed by atoms with Crippen molar-refractivity contribution in [2.75, 3.05) is 19.6 Å². The molecule has 43 heavy (non-hydrogen) atoms. The Morgan fingerprint density at radius 3 is 2.51 bits per heavy atom. The number of fused-ring (bicyclic) bond motifs is 1. The SMILES string of the molecule is [2H]C([2H])(C)N1C(C)CN(S(=O)(=O)c2cc(-c3nc4c(C(C)CCC)nn(C)c4c(=O)[nH]3)c(OC(C)(C)CC)cc2C)CC1(C)C. The van der Waals surface area contributed by atoms with Gasteiger partial charge in [0.05, 0.1) is 16.2 Å². The molecule has 0 spiro atoms. The van der Waals surface area contributed by atoms with Gasteiger partial charge in [-0.25, -0.2) is 13.4 Å². The van der Waals surface area contributed by atoms with Gasteiger partial charge < -0.3 is 9.72 Å². The molecule has 11 heteroatoms. The number of benzene rings is 1. The molecule has 0 radical (unpaired) electrons. The van der Waals surface area contributed by atoms with Gasteiger partial charge in [-0.15, -0.1) is 0 Å². The topological polar surface area (TPSA) is 113 Å². The number of rotatable bonds is 10. The van der Waals surface area contributed by atoms with Crippen LogP contribution in [0.2, 0.25) is 0 Å². The Morgan fingerprint density at radius 1 is 1.26 bits per heavy atom. The average molecular weight is 617 g/mol. The lowest BCUT2D eigenvalue weighted by atomic mass is 9.97. The largest absolute Gasteiger partial charge is 0.487 e. The third-order valence-electron chi connectivity index (χ3n) is 8.66. The zero-order chi connectivity index (χ0) is 33.9. The monoisotopic (exact) mass is 616 g/mol. The number of nitrogens with zero attached hydrogens (tertiary/aromatic N) is 5. The van der Waals surface area contributed by atoms with Gasteiger partial charge in [0.25, 0.3) is 5.56 Å². The zero-order valence-electron chi connectivity index (χ0n) is 29.6. The van der Waals surface area contributed by atoms with Crippen molar-refractivity contribution in [3.63, 3.8) is 0 Å². The van der Waals surface area contributed by atoms with Crippen LogP contribution in [0.1, 0.15) is 101 Å². The molecule has 0 amide bonds. The molecule has 238 valence electrons. The van der Waals surface area contributed by atoms with Crippen LogP contribution in [0.3, 0.4) is 0 Å². The molecule has 0 bridgehead atoms. The van der Waals surface area contributed by atoms with Crippen molar-refractivity contribution in [2.24, 2.45) is 7.05 Å². The van der Waals surface area contributed by atoms with Crippen LogP contribution in [0, 0.1) is 6.92 Å². The van der Waals surface area contributed by atoms with Crippen LogP contribution in [0.5, 0.6) is 5.75 Å². The molecule has 2 unspecified atom stereocenters. The first-order valence-corrected chi connectivity index (χ1v) is 16.7. The third-order valence-corrected chi connectivity index (χ3v) is 10.6. The van der Waals surface area contributed by atoms with Crippen LogP contribution in [0.4, 0.5) is 0 Å². The van der Waals surface area contributed by atoms with Gasteiger partial charge in [-0.05, 0) is 78.6 Å². The van der Waals surface area contributed by atoms with Crippen LogP contribution in [-0.2, 0) is 17.1 Å². The van der Waals surface area contributed by atoms with Crippen molar-refractivity contribution in [1.82, 2.24) is 29.0 Å². The van der Waals surface area contributed by atoms with Gasteiger partial charge in [-0.3, -0.25) is 14.4 Å². The van der Waals surface area contributed by atoms with E-state index in [0.717, 1.165) is 18.5 Å².